The second-order valence-corrected chi connectivity index (χ2v) is 8.00. The van der Waals surface area contributed by atoms with E-state index in [9.17, 15) is 0 Å². The van der Waals surface area contributed by atoms with Gasteiger partial charge in [-0.2, -0.15) is 0 Å². The van der Waals surface area contributed by atoms with Crippen LogP contribution in [-0.2, 0) is 6.54 Å². The molecular weight excluding hydrogens is 358 g/mol. The van der Waals surface area contributed by atoms with Gasteiger partial charge in [0, 0.05) is 30.1 Å². The molecule has 0 aliphatic carbocycles. The van der Waals surface area contributed by atoms with Crippen molar-refractivity contribution in [2.24, 2.45) is 0 Å². The molecule has 2 fully saturated rings. The van der Waals surface area contributed by atoms with Crippen molar-refractivity contribution < 1.29 is 0 Å². The smallest absolute Gasteiger partial charge is 0.183 e. The average molecular weight is 378 g/mol. The molecule has 0 amide bonds. The van der Waals surface area contributed by atoms with E-state index in [2.05, 4.69) is 61.5 Å². The molecule has 1 N–H and O–H groups in total. The summed E-state index contributed by atoms with van der Waals surface area (Å²) in [5.74, 6) is 0. The minimum absolute atomic E-state index is 0.572. The highest BCUT2D eigenvalue weighted by molar-refractivity contribution is 9.10. The van der Waals surface area contributed by atoms with Crippen LogP contribution in [0.2, 0.25) is 0 Å². The Morgan fingerprint density at radius 2 is 1.91 bits per heavy atom. The minimum Gasteiger partial charge on any atom is -0.359 e. The Balaban J connectivity index is 1.41. The summed E-state index contributed by atoms with van der Waals surface area (Å²) in [5, 5.41) is 6.73. The Bertz CT molecular complexity index is 616. The first kappa shape index (κ1) is 14.7. The molecule has 4 rings (SSSR count). The van der Waals surface area contributed by atoms with Crippen LogP contribution in [0.1, 0.15) is 31.2 Å². The molecule has 1 aromatic carbocycles. The monoisotopic (exact) mass is 377 g/mol. The molecule has 2 aromatic rings. The van der Waals surface area contributed by atoms with Gasteiger partial charge >= 0.3 is 0 Å². The predicted octanol–water partition coefficient (Wildman–Crippen LogP) is 4.51. The predicted molar refractivity (Wildman–Crippen MR) is 95.3 cm³/mol. The van der Waals surface area contributed by atoms with Crippen molar-refractivity contribution in [2.75, 3.05) is 5.32 Å². The van der Waals surface area contributed by atoms with E-state index in [0.717, 1.165) is 28.4 Å². The summed E-state index contributed by atoms with van der Waals surface area (Å²) in [6.07, 6.45) is 5.16. The van der Waals surface area contributed by atoms with Crippen LogP contribution >= 0.6 is 27.3 Å². The largest absolute Gasteiger partial charge is 0.359 e. The van der Waals surface area contributed by atoms with Crippen LogP contribution in [0.3, 0.4) is 0 Å². The van der Waals surface area contributed by atoms with Gasteiger partial charge in [0.15, 0.2) is 5.13 Å². The highest BCUT2D eigenvalue weighted by Crippen LogP contribution is 2.38. The number of aromatic nitrogens is 1. The molecule has 2 aliphatic heterocycles. The first-order chi connectivity index (χ1) is 10.8. The van der Waals surface area contributed by atoms with E-state index in [1.165, 1.54) is 31.2 Å². The van der Waals surface area contributed by atoms with Gasteiger partial charge in [-0.1, -0.05) is 30.3 Å². The zero-order chi connectivity index (χ0) is 14.9. The molecule has 0 radical (unpaired) electrons. The molecule has 3 nitrogen and oxygen atoms in total. The quantitative estimate of drug-likeness (QED) is 0.848. The number of hydrogen-bond acceptors (Lipinski definition) is 4. The SMILES string of the molecule is Brc1csc(NC2CC3CCC(C2)N3Cc2ccccc2)n1. The molecule has 0 saturated carbocycles. The zero-order valence-electron chi connectivity index (χ0n) is 12.4. The summed E-state index contributed by atoms with van der Waals surface area (Å²) in [6, 6.07) is 12.9. The number of rotatable bonds is 4. The normalized spacial score (nSPS) is 28.0. The van der Waals surface area contributed by atoms with Crippen molar-refractivity contribution in [3.05, 3.63) is 45.9 Å². The number of hydrogen-bond donors (Lipinski definition) is 1. The lowest BCUT2D eigenvalue weighted by molar-refractivity contribution is 0.124. The number of nitrogens with zero attached hydrogens (tertiary/aromatic N) is 2. The fourth-order valence-electron chi connectivity index (χ4n) is 3.94. The molecule has 5 heteroatoms. The lowest BCUT2D eigenvalue weighted by atomic mass is 9.97. The summed E-state index contributed by atoms with van der Waals surface area (Å²) < 4.78 is 0.935. The Morgan fingerprint density at radius 3 is 2.55 bits per heavy atom. The van der Waals surface area contributed by atoms with Crippen molar-refractivity contribution in [3.8, 4) is 0 Å². The molecule has 116 valence electrons. The van der Waals surface area contributed by atoms with Gasteiger partial charge in [0.25, 0.3) is 0 Å². The van der Waals surface area contributed by atoms with E-state index in [1.54, 1.807) is 11.3 Å². The molecule has 3 heterocycles. The molecule has 2 unspecified atom stereocenters. The average Bonchev–Trinajstić information content (AvgIpc) is 3.01. The van der Waals surface area contributed by atoms with Crippen molar-refractivity contribution in [1.82, 2.24) is 9.88 Å². The molecule has 2 atom stereocenters. The molecule has 22 heavy (non-hydrogen) atoms. The molecular formula is C17H20BrN3S. The summed E-state index contributed by atoms with van der Waals surface area (Å²) in [5.41, 5.74) is 1.44. The third kappa shape index (κ3) is 3.07. The first-order valence-corrected chi connectivity index (χ1v) is 9.62. The second-order valence-electron chi connectivity index (χ2n) is 6.33. The highest BCUT2D eigenvalue weighted by Gasteiger charge is 2.40. The number of piperidine rings is 1. The van der Waals surface area contributed by atoms with Crippen molar-refractivity contribution in [2.45, 2.75) is 50.4 Å². The van der Waals surface area contributed by atoms with Crippen molar-refractivity contribution in [3.63, 3.8) is 0 Å². The number of nitrogens with one attached hydrogen (secondary N) is 1. The van der Waals surface area contributed by atoms with Crippen LogP contribution < -0.4 is 5.32 Å². The summed E-state index contributed by atoms with van der Waals surface area (Å²) in [7, 11) is 0. The van der Waals surface area contributed by atoms with Crippen LogP contribution in [0.25, 0.3) is 0 Å². The summed E-state index contributed by atoms with van der Waals surface area (Å²) in [6.45, 7) is 1.10. The molecule has 2 bridgehead atoms. The maximum Gasteiger partial charge on any atom is 0.183 e. The van der Waals surface area contributed by atoms with Gasteiger partial charge in [-0.25, -0.2) is 4.98 Å². The standard InChI is InChI=1S/C17H20BrN3S/c18-16-11-22-17(20-16)19-13-8-14-6-7-15(9-13)21(14)10-12-4-2-1-3-5-12/h1-5,11,13-15H,6-10H2,(H,19,20). The lowest BCUT2D eigenvalue weighted by Gasteiger charge is -2.39. The first-order valence-electron chi connectivity index (χ1n) is 7.95. The fourth-order valence-corrected chi connectivity index (χ4v) is 5.16. The van der Waals surface area contributed by atoms with Crippen LogP contribution in [0.4, 0.5) is 5.13 Å². The van der Waals surface area contributed by atoms with E-state index >= 15 is 0 Å². The number of fused-ring (bicyclic) bond motifs is 2. The number of thiazole rings is 1. The maximum atomic E-state index is 4.47. The second kappa shape index (κ2) is 6.30. The van der Waals surface area contributed by atoms with Crippen molar-refractivity contribution in [1.29, 1.82) is 0 Å². The van der Waals surface area contributed by atoms with E-state index < -0.39 is 0 Å². The van der Waals surface area contributed by atoms with Crippen LogP contribution in [0.15, 0.2) is 40.3 Å². The lowest BCUT2D eigenvalue weighted by Crippen LogP contribution is -2.46. The third-order valence-corrected chi connectivity index (χ3v) is 6.38. The molecule has 0 spiro atoms. The van der Waals surface area contributed by atoms with Gasteiger partial charge in [-0.3, -0.25) is 4.90 Å². The van der Waals surface area contributed by atoms with Crippen LogP contribution in [0.5, 0.6) is 0 Å². The molecule has 2 aliphatic rings. The van der Waals surface area contributed by atoms with E-state index in [0.29, 0.717) is 6.04 Å². The number of anilines is 1. The third-order valence-electron chi connectivity index (χ3n) is 4.90. The Kier molecular flexibility index (Phi) is 4.20. The topological polar surface area (TPSA) is 28.2 Å². The Hall–Kier alpha value is -0.910. The fraction of sp³-hybridized carbons (Fsp3) is 0.471. The molecule has 1 aromatic heterocycles. The summed E-state index contributed by atoms with van der Waals surface area (Å²) in [4.78, 5) is 7.20. The van der Waals surface area contributed by atoms with Gasteiger partial charge in [0.1, 0.15) is 4.60 Å². The van der Waals surface area contributed by atoms with Gasteiger partial charge in [0.05, 0.1) is 0 Å². The van der Waals surface area contributed by atoms with Gasteiger partial charge < -0.3 is 5.32 Å². The highest BCUT2D eigenvalue weighted by atomic mass is 79.9. The van der Waals surface area contributed by atoms with E-state index in [1.807, 2.05) is 5.38 Å². The van der Waals surface area contributed by atoms with Crippen molar-refractivity contribution >= 4 is 32.4 Å². The van der Waals surface area contributed by atoms with Crippen LogP contribution in [0, 0.1) is 0 Å². The minimum atomic E-state index is 0.572. The number of halogens is 1. The Morgan fingerprint density at radius 1 is 1.18 bits per heavy atom. The molecule has 2 saturated heterocycles. The van der Waals surface area contributed by atoms with E-state index in [-0.39, 0.29) is 0 Å². The zero-order valence-corrected chi connectivity index (χ0v) is 14.8. The Labute approximate surface area is 143 Å². The summed E-state index contributed by atoms with van der Waals surface area (Å²) >= 11 is 5.12. The maximum absolute atomic E-state index is 4.47. The van der Waals surface area contributed by atoms with Gasteiger partial charge in [-0.15, -0.1) is 11.3 Å². The van der Waals surface area contributed by atoms with E-state index in [4.69, 9.17) is 0 Å². The van der Waals surface area contributed by atoms with Crippen LogP contribution in [-0.4, -0.2) is 28.0 Å². The van der Waals surface area contributed by atoms with Gasteiger partial charge in [-0.05, 0) is 47.2 Å². The van der Waals surface area contributed by atoms with Gasteiger partial charge in [0.2, 0.25) is 0 Å². The number of benzene rings is 1.